The van der Waals surface area contributed by atoms with Crippen LogP contribution in [0, 0.1) is 11.8 Å². The van der Waals surface area contributed by atoms with Crippen molar-refractivity contribution in [2.75, 3.05) is 0 Å². The molecule has 0 saturated carbocycles. The van der Waals surface area contributed by atoms with E-state index in [0.29, 0.717) is 5.92 Å². The molecule has 1 aliphatic carbocycles. The van der Waals surface area contributed by atoms with Crippen molar-refractivity contribution in [1.82, 2.24) is 5.43 Å². The van der Waals surface area contributed by atoms with Crippen LogP contribution in [0.1, 0.15) is 36.8 Å². The van der Waals surface area contributed by atoms with Gasteiger partial charge in [0.1, 0.15) is 0 Å². The molecule has 84 valence electrons. The van der Waals surface area contributed by atoms with Crippen LogP contribution in [0.25, 0.3) is 0 Å². The first-order valence-electron chi connectivity index (χ1n) is 5.80. The van der Waals surface area contributed by atoms with E-state index >= 15 is 0 Å². The zero-order chi connectivity index (χ0) is 11.4. The largest absolute Gasteiger partial charge is 0.271 e. The van der Waals surface area contributed by atoms with Gasteiger partial charge < -0.3 is 0 Å². The molecular weight excluding hydrogens is 196 g/mol. The molecule has 2 atom stereocenters. The first-order valence-corrected chi connectivity index (χ1v) is 5.80. The number of rotatable bonds is 3. The molecule has 3 N–H and O–H groups in total. The van der Waals surface area contributed by atoms with Crippen molar-refractivity contribution in [3.05, 3.63) is 35.4 Å². The molecule has 0 aromatic heterocycles. The zero-order valence-electron chi connectivity index (χ0n) is 9.66. The summed E-state index contributed by atoms with van der Waals surface area (Å²) in [4.78, 5) is 0. The number of nitrogens with one attached hydrogen (secondary N) is 1. The highest BCUT2D eigenvalue weighted by Crippen LogP contribution is 2.35. The van der Waals surface area contributed by atoms with Crippen LogP contribution in [-0.4, -0.2) is 6.04 Å². The quantitative estimate of drug-likeness (QED) is 0.458. The summed E-state index contributed by atoms with van der Waals surface area (Å²) in [5.74, 6) is 12.2. The van der Waals surface area contributed by atoms with Crippen LogP contribution in [-0.2, 0) is 6.42 Å². The van der Waals surface area contributed by atoms with Crippen molar-refractivity contribution in [1.29, 1.82) is 0 Å². The first-order chi connectivity index (χ1) is 7.86. The van der Waals surface area contributed by atoms with E-state index in [0.717, 1.165) is 6.42 Å². The Balaban J connectivity index is 2.18. The van der Waals surface area contributed by atoms with Crippen molar-refractivity contribution in [2.45, 2.75) is 38.1 Å². The second-order valence-electron chi connectivity index (χ2n) is 4.25. The third kappa shape index (κ3) is 2.11. The molecule has 0 spiro atoms. The summed E-state index contributed by atoms with van der Waals surface area (Å²) in [5, 5.41) is 0. The van der Waals surface area contributed by atoms with Crippen molar-refractivity contribution in [3.8, 4) is 11.8 Å². The second-order valence-corrected chi connectivity index (χ2v) is 4.25. The third-order valence-corrected chi connectivity index (χ3v) is 3.38. The summed E-state index contributed by atoms with van der Waals surface area (Å²) >= 11 is 0. The SMILES string of the molecule is CC#CCC(NN)C1CCc2ccccc21. The van der Waals surface area contributed by atoms with E-state index in [1.54, 1.807) is 0 Å². The molecule has 2 unspecified atom stereocenters. The lowest BCUT2D eigenvalue weighted by molar-refractivity contribution is 0.444. The van der Waals surface area contributed by atoms with Crippen LogP contribution in [0.15, 0.2) is 24.3 Å². The van der Waals surface area contributed by atoms with Gasteiger partial charge in [-0.25, -0.2) is 0 Å². The number of fused-ring (bicyclic) bond motifs is 1. The molecule has 0 bridgehead atoms. The van der Waals surface area contributed by atoms with Crippen molar-refractivity contribution in [2.24, 2.45) is 5.84 Å². The van der Waals surface area contributed by atoms with E-state index in [1.807, 2.05) is 6.92 Å². The molecule has 0 aliphatic heterocycles. The fourth-order valence-corrected chi connectivity index (χ4v) is 2.54. The van der Waals surface area contributed by atoms with Gasteiger partial charge in [0, 0.05) is 18.4 Å². The van der Waals surface area contributed by atoms with Gasteiger partial charge in [-0.3, -0.25) is 11.3 Å². The lowest BCUT2D eigenvalue weighted by Gasteiger charge is -2.21. The number of nitrogens with two attached hydrogens (primary N) is 1. The highest BCUT2D eigenvalue weighted by atomic mass is 15.2. The van der Waals surface area contributed by atoms with Crippen LogP contribution in [0.3, 0.4) is 0 Å². The lowest BCUT2D eigenvalue weighted by atomic mass is 9.91. The van der Waals surface area contributed by atoms with Gasteiger partial charge in [-0.1, -0.05) is 24.3 Å². The minimum absolute atomic E-state index is 0.274. The van der Waals surface area contributed by atoms with Gasteiger partial charge in [0.05, 0.1) is 0 Å². The van der Waals surface area contributed by atoms with Crippen LogP contribution < -0.4 is 11.3 Å². The van der Waals surface area contributed by atoms with E-state index in [-0.39, 0.29) is 6.04 Å². The molecule has 2 rings (SSSR count). The van der Waals surface area contributed by atoms with Gasteiger partial charge in [0.25, 0.3) is 0 Å². The molecule has 0 radical (unpaired) electrons. The number of benzene rings is 1. The molecule has 0 amide bonds. The van der Waals surface area contributed by atoms with Crippen LogP contribution in [0.4, 0.5) is 0 Å². The minimum Gasteiger partial charge on any atom is -0.271 e. The molecular formula is C14H18N2. The van der Waals surface area contributed by atoms with Crippen LogP contribution >= 0.6 is 0 Å². The predicted octanol–water partition coefficient (Wildman–Crippen LogP) is 1.96. The summed E-state index contributed by atoms with van der Waals surface area (Å²) in [6, 6.07) is 8.93. The number of aryl methyl sites for hydroxylation is 1. The van der Waals surface area contributed by atoms with Gasteiger partial charge in [0.15, 0.2) is 0 Å². The molecule has 0 heterocycles. The maximum Gasteiger partial charge on any atom is 0.0388 e. The van der Waals surface area contributed by atoms with Crippen molar-refractivity contribution < 1.29 is 0 Å². The molecule has 0 saturated heterocycles. The maximum atomic E-state index is 5.63. The Bertz CT molecular complexity index is 414. The highest BCUT2D eigenvalue weighted by molar-refractivity contribution is 5.36. The van der Waals surface area contributed by atoms with Crippen molar-refractivity contribution >= 4 is 0 Å². The first kappa shape index (κ1) is 11.2. The number of hydrogen-bond acceptors (Lipinski definition) is 2. The van der Waals surface area contributed by atoms with E-state index in [9.17, 15) is 0 Å². The Morgan fingerprint density at radius 2 is 2.31 bits per heavy atom. The van der Waals surface area contributed by atoms with Crippen molar-refractivity contribution in [3.63, 3.8) is 0 Å². The fraction of sp³-hybridized carbons (Fsp3) is 0.429. The molecule has 2 heteroatoms. The Morgan fingerprint density at radius 3 is 3.06 bits per heavy atom. The molecule has 1 aromatic carbocycles. The van der Waals surface area contributed by atoms with Crippen LogP contribution in [0.5, 0.6) is 0 Å². The smallest absolute Gasteiger partial charge is 0.0388 e. The van der Waals surface area contributed by atoms with Gasteiger partial charge in [0.2, 0.25) is 0 Å². The Morgan fingerprint density at radius 1 is 1.50 bits per heavy atom. The molecule has 0 fully saturated rings. The Labute approximate surface area is 97.2 Å². The van der Waals surface area contributed by atoms with E-state index in [1.165, 1.54) is 24.0 Å². The standard InChI is InChI=1S/C14H18N2/c1-2-3-8-14(16-15)13-10-9-11-6-4-5-7-12(11)13/h4-7,13-14,16H,8-10,15H2,1H3. The van der Waals surface area contributed by atoms with E-state index in [4.69, 9.17) is 5.84 Å². The van der Waals surface area contributed by atoms with E-state index in [2.05, 4.69) is 41.5 Å². The highest BCUT2D eigenvalue weighted by Gasteiger charge is 2.28. The average Bonchev–Trinajstić information content (AvgIpc) is 2.75. The van der Waals surface area contributed by atoms with Gasteiger partial charge >= 0.3 is 0 Å². The zero-order valence-corrected chi connectivity index (χ0v) is 9.66. The monoisotopic (exact) mass is 214 g/mol. The molecule has 16 heavy (non-hydrogen) atoms. The van der Waals surface area contributed by atoms with Gasteiger partial charge in [-0.2, -0.15) is 0 Å². The maximum absolute atomic E-state index is 5.63. The Kier molecular flexibility index (Phi) is 3.61. The topological polar surface area (TPSA) is 38.0 Å². The second kappa shape index (κ2) is 5.16. The van der Waals surface area contributed by atoms with Gasteiger partial charge in [-0.05, 0) is 30.9 Å². The summed E-state index contributed by atoms with van der Waals surface area (Å²) in [5.41, 5.74) is 5.83. The number of hydrazine groups is 1. The normalized spacial score (nSPS) is 19.8. The molecule has 2 nitrogen and oxygen atoms in total. The molecule has 1 aliphatic rings. The van der Waals surface area contributed by atoms with Gasteiger partial charge in [-0.15, -0.1) is 11.8 Å². The predicted molar refractivity (Wildman–Crippen MR) is 66.7 cm³/mol. The fourth-order valence-electron chi connectivity index (χ4n) is 2.54. The summed E-state index contributed by atoms with van der Waals surface area (Å²) in [6.45, 7) is 1.87. The Hall–Kier alpha value is -1.30. The minimum atomic E-state index is 0.274. The van der Waals surface area contributed by atoms with E-state index < -0.39 is 0 Å². The summed E-state index contributed by atoms with van der Waals surface area (Å²) < 4.78 is 0. The van der Waals surface area contributed by atoms with Crippen LogP contribution in [0.2, 0.25) is 0 Å². The lowest BCUT2D eigenvalue weighted by Crippen LogP contribution is -2.38. The average molecular weight is 214 g/mol. The third-order valence-electron chi connectivity index (χ3n) is 3.38. The molecule has 1 aromatic rings. The summed E-state index contributed by atoms with van der Waals surface area (Å²) in [7, 11) is 0. The summed E-state index contributed by atoms with van der Waals surface area (Å²) in [6.07, 6.45) is 3.17. The number of hydrogen-bond donors (Lipinski definition) is 2.